The molecular formula is C49H64Cl3NO8SSi2. The minimum Gasteiger partial charge on any atom is -0.543 e. The maximum absolute atomic E-state index is 14.2. The number of hydrogen-bond acceptors (Lipinski definition) is 9. The Bertz CT molecular complexity index is 2100. The Kier molecular flexibility index (Phi) is 18.2. The largest absolute Gasteiger partial charge is 0.543 e. The van der Waals surface area contributed by atoms with Crippen molar-refractivity contribution in [3.63, 3.8) is 0 Å². The number of carbonyl (C=O) groups excluding carboxylic acids is 3. The lowest BCUT2D eigenvalue weighted by Gasteiger charge is -2.39. The second kappa shape index (κ2) is 21.9. The van der Waals surface area contributed by atoms with Crippen molar-refractivity contribution in [3.8, 4) is 11.5 Å². The lowest BCUT2D eigenvalue weighted by atomic mass is 9.80. The highest BCUT2D eigenvalue weighted by molar-refractivity contribution is 7.98. The molecule has 15 heteroatoms. The maximum Gasteiger partial charge on any atom is 0.339 e. The van der Waals surface area contributed by atoms with E-state index >= 15 is 0 Å². The summed E-state index contributed by atoms with van der Waals surface area (Å²) in [6, 6.07) is 30.5. The van der Waals surface area contributed by atoms with E-state index in [0.29, 0.717) is 22.6 Å². The van der Waals surface area contributed by atoms with Gasteiger partial charge in [0.2, 0.25) is 26.3 Å². The van der Waals surface area contributed by atoms with Crippen LogP contribution in [0.1, 0.15) is 86.1 Å². The fraction of sp³-hybridized carbons (Fsp3) is 0.449. The van der Waals surface area contributed by atoms with Crippen LogP contribution in [0.3, 0.4) is 0 Å². The molecule has 0 fully saturated rings. The average molecular weight is 990 g/mol. The first-order chi connectivity index (χ1) is 29.7. The van der Waals surface area contributed by atoms with Gasteiger partial charge in [-0.15, -0.1) is 0 Å². The number of thioether (sulfide) groups is 1. The molecule has 0 saturated carbocycles. The topological polar surface area (TPSA) is 109 Å². The quantitative estimate of drug-likeness (QED) is 0.0425. The number of amides is 1. The van der Waals surface area contributed by atoms with Crippen molar-refractivity contribution in [2.45, 2.75) is 112 Å². The molecule has 348 valence electrons. The minimum absolute atomic E-state index is 0.0297. The summed E-state index contributed by atoms with van der Waals surface area (Å²) in [5, 5.41) is 2.52. The number of alkyl halides is 3. The van der Waals surface area contributed by atoms with Gasteiger partial charge in [0.1, 0.15) is 29.7 Å². The lowest BCUT2D eigenvalue weighted by Crippen LogP contribution is -2.45. The third kappa shape index (κ3) is 13.5. The molecule has 4 aromatic rings. The van der Waals surface area contributed by atoms with Gasteiger partial charge >= 0.3 is 11.9 Å². The molecule has 1 atom stereocenters. The molecule has 0 saturated heterocycles. The zero-order valence-corrected chi connectivity index (χ0v) is 44.2. The van der Waals surface area contributed by atoms with E-state index in [-0.39, 0.29) is 40.2 Å². The Morgan fingerprint density at radius 3 is 1.59 bits per heavy atom. The van der Waals surface area contributed by atoms with E-state index < -0.39 is 56.5 Å². The highest BCUT2D eigenvalue weighted by Gasteiger charge is 2.43. The first-order valence-corrected chi connectivity index (χ1v) is 29.4. The predicted octanol–water partition coefficient (Wildman–Crippen LogP) is 12.6. The number of nitrogens with one attached hydrogen (secondary N) is 1. The summed E-state index contributed by atoms with van der Waals surface area (Å²) in [5.74, 6) is -0.478. The maximum atomic E-state index is 14.2. The molecule has 0 bridgehead atoms. The van der Waals surface area contributed by atoms with Gasteiger partial charge in [-0.3, -0.25) is 4.79 Å². The van der Waals surface area contributed by atoms with Gasteiger partial charge in [0, 0.05) is 28.7 Å². The smallest absolute Gasteiger partial charge is 0.339 e. The van der Waals surface area contributed by atoms with Crippen LogP contribution < -0.4 is 14.2 Å². The number of hydrogen-bond donors (Lipinski definition) is 1. The van der Waals surface area contributed by atoms with Crippen molar-refractivity contribution in [2.75, 3.05) is 26.1 Å². The number of halogens is 3. The fourth-order valence-electron chi connectivity index (χ4n) is 6.40. The van der Waals surface area contributed by atoms with Gasteiger partial charge in [0.05, 0.1) is 25.7 Å². The molecule has 0 aliphatic heterocycles. The Morgan fingerprint density at radius 1 is 0.719 bits per heavy atom. The lowest BCUT2D eigenvalue weighted by molar-refractivity contribution is -0.144. The summed E-state index contributed by atoms with van der Waals surface area (Å²) in [6.07, 6.45) is -0.0506. The van der Waals surface area contributed by atoms with Crippen LogP contribution in [0.2, 0.25) is 36.3 Å². The van der Waals surface area contributed by atoms with E-state index in [9.17, 15) is 14.4 Å². The molecule has 64 heavy (non-hydrogen) atoms. The molecule has 0 aromatic heterocycles. The van der Waals surface area contributed by atoms with E-state index in [0.717, 1.165) is 16.7 Å². The summed E-state index contributed by atoms with van der Waals surface area (Å²) in [4.78, 5) is 41.2. The summed E-state index contributed by atoms with van der Waals surface area (Å²) in [7, 11) is -3.68. The molecule has 9 nitrogen and oxygen atoms in total. The molecule has 0 heterocycles. The molecule has 1 N–H and O–H groups in total. The van der Waals surface area contributed by atoms with E-state index in [1.807, 2.05) is 97.1 Å². The van der Waals surface area contributed by atoms with Gasteiger partial charge in [-0.05, 0) is 59.9 Å². The zero-order valence-electron chi connectivity index (χ0n) is 39.2. The predicted molar refractivity (Wildman–Crippen MR) is 267 cm³/mol. The number of methoxy groups -OCH3 is 1. The standard InChI is InChI=1S/C49H64Cl3NO8SSi2/c1-34-40(60-63(9,10)46(2,3)4)30-41(61-64(11,12)47(5,6)7)38(43(34)45(56)58-33-48(50,51)52)31-62-32-39(44(55)57-8)53-42(54)28-29-59-49(35-22-16-13-17-23-35,36-24-18-14-19-25-36)37-26-20-15-21-27-37/h13-27,30,39H,28-29,31-33H2,1-12H3,(H,53,54)/t39-/m0/s1. The van der Waals surface area contributed by atoms with Crippen molar-refractivity contribution >= 4 is 81.0 Å². The van der Waals surface area contributed by atoms with Crippen molar-refractivity contribution in [3.05, 3.63) is 130 Å². The summed E-state index contributed by atoms with van der Waals surface area (Å²) < 4.78 is 29.6. The third-order valence-electron chi connectivity index (χ3n) is 12.1. The van der Waals surface area contributed by atoms with Crippen LogP contribution in [0.15, 0.2) is 97.1 Å². The molecule has 0 unspecified atom stereocenters. The Morgan fingerprint density at radius 2 is 1.17 bits per heavy atom. The Balaban J connectivity index is 1.66. The highest BCUT2D eigenvalue weighted by Crippen LogP contribution is 2.46. The van der Waals surface area contributed by atoms with E-state index in [1.165, 1.54) is 18.9 Å². The SMILES string of the molecule is COC(=O)[C@H](CSCc1c(O[Si](C)(C)C(C)(C)C)cc(O[Si](C)(C)C(C)(C)C)c(C)c1C(=O)OCC(Cl)(Cl)Cl)NC(=O)CCOC(c1ccccc1)(c1ccccc1)c1ccccc1. The van der Waals surface area contributed by atoms with Gasteiger partial charge in [-0.1, -0.05) is 167 Å². The zero-order chi connectivity index (χ0) is 47.7. The van der Waals surface area contributed by atoms with Crippen LogP contribution in [-0.2, 0) is 35.2 Å². The molecule has 4 aromatic carbocycles. The van der Waals surface area contributed by atoms with Crippen LogP contribution in [-0.4, -0.2) is 70.4 Å². The number of ether oxygens (including phenoxy) is 3. The van der Waals surface area contributed by atoms with Gasteiger partial charge in [-0.25, -0.2) is 9.59 Å². The number of esters is 2. The van der Waals surface area contributed by atoms with E-state index in [4.69, 9.17) is 57.9 Å². The van der Waals surface area contributed by atoms with Crippen molar-refractivity contribution in [1.29, 1.82) is 0 Å². The van der Waals surface area contributed by atoms with Gasteiger partial charge in [0.15, 0.2) is 0 Å². The Hall–Kier alpha value is -3.50. The first-order valence-electron chi connectivity index (χ1n) is 21.3. The van der Waals surface area contributed by atoms with Crippen LogP contribution in [0.5, 0.6) is 11.5 Å². The number of benzene rings is 4. The molecule has 0 aliphatic carbocycles. The minimum atomic E-state index is -2.53. The molecule has 0 radical (unpaired) electrons. The molecule has 4 rings (SSSR count). The number of carbonyl (C=O) groups is 3. The van der Waals surface area contributed by atoms with Crippen LogP contribution in [0, 0.1) is 6.92 Å². The van der Waals surface area contributed by atoms with Crippen LogP contribution >= 0.6 is 46.6 Å². The average Bonchev–Trinajstić information content (AvgIpc) is 3.22. The highest BCUT2D eigenvalue weighted by atomic mass is 35.6. The summed E-state index contributed by atoms with van der Waals surface area (Å²) in [5.41, 5.74) is 2.99. The van der Waals surface area contributed by atoms with Crippen molar-refractivity contribution < 1.29 is 37.4 Å². The van der Waals surface area contributed by atoms with E-state index in [1.54, 1.807) is 6.92 Å². The first kappa shape index (κ1) is 53.1. The van der Waals surface area contributed by atoms with Crippen molar-refractivity contribution in [2.24, 2.45) is 0 Å². The molecule has 0 aliphatic rings. The van der Waals surface area contributed by atoms with Gasteiger partial charge < -0.3 is 28.4 Å². The third-order valence-corrected chi connectivity index (χ3v) is 22.1. The molecule has 0 spiro atoms. The van der Waals surface area contributed by atoms with Gasteiger partial charge in [0.25, 0.3) is 0 Å². The normalized spacial score (nSPS) is 13.2. The summed E-state index contributed by atoms with van der Waals surface area (Å²) in [6.45, 7) is 22.7. The second-order valence-corrected chi connectivity index (χ2v) is 31.8. The monoisotopic (exact) mass is 987 g/mol. The van der Waals surface area contributed by atoms with Gasteiger partial charge in [-0.2, -0.15) is 11.8 Å². The second-order valence-electron chi connectivity index (χ2n) is 18.8. The summed E-state index contributed by atoms with van der Waals surface area (Å²) >= 11 is 19.5. The molecular weight excluding hydrogens is 925 g/mol. The molecule has 1 amide bonds. The van der Waals surface area contributed by atoms with Crippen LogP contribution in [0.25, 0.3) is 0 Å². The number of rotatable bonds is 19. The fourth-order valence-corrected chi connectivity index (χ4v) is 9.73. The van der Waals surface area contributed by atoms with E-state index in [2.05, 4.69) is 73.0 Å². The van der Waals surface area contributed by atoms with Crippen molar-refractivity contribution in [1.82, 2.24) is 5.32 Å². The Labute approximate surface area is 401 Å². The van der Waals surface area contributed by atoms with Crippen LogP contribution in [0.4, 0.5) is 0 Å².